The zero-order chi connectivity index (χ0) is 15.5. The number of rotatable bonds is 3. The number of likely N-dealkylation sites (tertiary alicyclic amines) is 1. The Labute approximate surface area is 124 Å². The summed E-state index contributed by atoms with van der Waals surface area (Å²) in [5, 5.41) is 3.13. The van der Waals surface area contributed by atoms with Crippen LogP contribution in [0.2, 0.25) is 0 Å². The van der Waals surface area contributed by atoms with Crippen LogP contribution in [0.3, 0.4) is 0 Å². The molecule has 3 nitrogen and oxygen atoms in total. The maximum absolute atomic E-state index is 12.8. The van der Waals surface area contributed by atoms with E-state index in [1.807, 2.05) is 4.90 Å². The van der Waals surface area contributed by atoms with Crippen LogP contribution in [-0.4, -0.2) is 42.2 Å². The number of hydrogen-bond acceptors (Lipinski definition) is 2. The average molecular weight is 306 g/mol. The van der Waals surface area contributed by atoms with E-state index in [4.69, 9.17) is 0 Å². The van der Waals surface area contributed by atoms with E-state index in [0.29, 0.717) is 6.42 Å². The second-order valence-electron chi connectivity index (χ2n) is 6.38. The van der Waals surface area contributed by atoms with Crippen LogP contribution < -0.4 is 5.32 Å². The van der Waals surface area contributed by atoms with Gasteiger partial charge in [-0.15, -0.1) is 0 Å². The quantitative estimate of drug-likeness (QED) is 0.869. The van der Waals surface area contributed by atoms with Gasteiger partial charge in [0.1, 0.15) is 0 Å². The highest BCUT2D eigenvalue weighted by molar-refractivity contribution is 5.81. The number of carbonyl (C=O) groups excluding carboxylic acids is 1. The summed E-state index contributed by atoms with van der Waals surface area (Å²) in [7, 11) is 0. The van der Waals surface area contributed by atoms with Crippen LogP contribution in [0.15, 0.2) is 0 Å². The maximum Gasteiger partial charge on any atom is 0.391 e. The van der Waals surface area contributed by atoms with Crippen LogP contribution in [0.5, 0.6) is 0 Å². The van der Waals surface area contributed by atoms with E-state index in [-0.39, 0.29) is 30.8 Å². The molecule has 1 saturated heterocycles. The summed E-state index contributed by atoms with van der Waals surface area (Å²) >= 11 is 0. The van der Waals surface area contributed by atoms with E-state index in [2.05, 4.69) is 5.32 Å². The van der Waals surface area contributed by atoms with Gasteiger partial charge in [0.15, 0.2) is 0 Å². The number of piperidine rings is 1. The minimum Gasteiger partial charge on any atom is -0.341 e. The molecule has 6 heteroatoms. The molecule has 1 aliphatic heterocycles. The molecule has 2 rings (SSSR count). The highest BCUT2D eigenvalue weighted by Crippen LogP contribution is 2.37. The number of halogens is 3. The minimum atomic E-state index is -4.11. The summed E-state index contributed by atoms with van der Waals surface area (Å²) in [4.78, 5) is 14.1. The zero-order valence-corrected chi connectivity index (χ0v) is 12.6. The largest absolute Gasteiger partial charge is 0.391 e. The Hall–Kier alpha value is -0.780. The number of nitrogens with zero attached hydrogens (tertiary/aromatic N) is 1. The van der Waals surface area contributed by atoms with Crippen LogP contribution in [0.1, 0.15) is 51.9 Å². The van der Waals surface area contributed by atoms with Crippen molar-refractivity contribution in [2.45, 2.75) is 70.1 Å². The number of amides is 1. The summed E-state index contributed by atoms with van der Waals surface area (Å²) in [6, 6.07) is -0.589. The summed E-state index contributed by atoms with van der Waals surface area (Å²) in [6.07, 6.45) is 0.714. The zero-order valence-electron chi connectivity index (χ0n) is 12.6. The Kier molecular flexibility index (Phi) is 5.52. The maximum atomic E-state index is 12.8. The summed E-state index contributed by atoms with van der Waals surface area (Å²) in [5.41, 5.74) is 0. The standard InChI is InChI=1S/C15H25F3N2O/c1-11(14(21)20-8-3-2-4-9-20)19-13-7-5-6-12(10-13)15(16,17)18/h11-13,19H,2-10H2,1H3/t11-,12-,13-/m0/s1. The van der Waals surface area contributed by atoms with Gasteiger partial charge in [-0.05, 0) is 45.4 Å². The summed E-state index contributed by atoms with van der Waals surface area (Å²) in [5.74, 6) is -1.19. The van der Waals surface area contributed by atoms with Gasteiger partial charge in [-0.25, -0.2) is 0 Å². The van der Waals surface area contributed by atoms with Gasteiger partial charge in [-0.2, -0.15) is 13.2 Å². The molecule has 0 spiro atoms. The molecule has 1 saturated carbocycles. The fraction of sp³-hybridized carbons (Fsp3) is 0.933. The predicted molar refractivity (Wildman–Crippen MR) is 74.8 cm³/mol. The van der Waals surface area contributed by atoms with Gasteiger partial charge in [0, 0.05) is 19.1 Å². The Bertz CT molecular complexity index is 353. The van der Waals surface area contributed by atoms with Crippen molar-refractivity contribution in [2.75, 3.05) is 13.1 Å². The van der Waals surface area contributed by atoms with E-state index in [9.17, 15) is 18.0 Å². The Balaban J connectivity index is 1.84. The molecule has 1 aliphatic carbocycles. The predicted octanol–water partition coefficient (Wildman–Crippen LogP) is 3.10. The number of nitrogens with one attached hydrogen (secondary N) is 1. The number of carbonyl (C=O) groups is 1. The summed E-state index contributed by atoms with van der Waals surface area (Å²) < 4.78 is 38.4. The van der Waals surface area contributed by atoms with E-state index >= 15 is 0 Å². The molecule has 2 aliphatic rings. The smallest absolute Gasteiger partial charge is 0.341 e. The first-order valence-corrected chi connectivity index (χ1v) is 7.99. The lowest BCUT2D eigenvalue weighted by atomic mass is 9.85. The lowest BCUT2D eigenvalue weighted by Crippen LogP contribution is -2.51. The van der Waals surface area contributed by atoms with Crippen LogP contribution in [0.4, 0.5) is 13.2 Å². The van der Waals surface area contributed by atoms with Crippen molar-refractivity contribution in [3.63, 3.8) is 0 Å². The molecule has 3 atom stereocenters. The van der Waals surface area contributed by atoms with E-state index in [0.717, 1.165) is 38.8 Å². The van der Waals surface area contributed by atoms with Gasteiger partial charge in [0.2, 0.25) is 5.91 Å². The Morgan fingerprint density at radius 1 is 1.14 bits per heavy atom. The third-order valence-electron chi connectivity index (χ3n) is 4.66. The number of hydrogen-bond donors (Lipinski definition) is 1. The van der Waals surface area contributed by atoms with Crippen LogP contribution in [-0.2, 0) is 4.79 Å². The average Bonchev–Trinajstić information content (AvgIpc) is 2.47. The first-order valence-electron chi connectivity index (χ1n) is 7.99. The van der Waals surface area contributed by atoms with Crippen LogP contribution in [0.25, 0.3) is 0 Å². The second kappa shape index (κ2) is 6.99. The molecule has 0 bridgehead atoms. The monoisotopic (exact) mass is 306 g/mol. The first-order chi connectivity index (χ1) is 9.88. The van der Waals surface area contributed by atoms with Crippen molar-refractivity contribution in [1.29, 1.82) is 0 Å². The minimum absolute atomic E-state index is 0.0313. The first kappa shape index (κ1) is 16.6. The van der Waals surface area contributed by atoms with Gasteiger partial charge in [-0.1, -0.05) is 6.42 Å². The SMILES string of the molecule is C[C@H](N[C@H]1CCC[C@H](C(F)(F)F)C1)C(=O)N1CCCCC1. The van der Waals surface area contributed by atoms with Crippen LogP contribution >= 0.6 is 0 Å². The molecule has 0 unspecified atom stereocenters. The second-order valence-corrected chi connectivity index (χ2v) is 6.38. The molecule has 122 valence electrons. The third kappa shape index (κ3) is 4.59. The highest BCUT2D eigenvalue weighted by atomic mass is 19.4. The van der Waals surface area contributed by atoms with Gasteiger partial charge >= 0.3 is 6.18 Å². The van der Waals surface area contributed by atoms with E-state index in [1.165, 1.54) is 0 Å². The van der Waals surface area contributed by atoms with E-state index in [1.54, 1.807) is 6.92 Å². The van der Waals surface area contributed by atoms with Crippen LogP contribution in [0, 0.1) is 5.92 Å². The van der Waals surface area contributed by atoms with Gasteiger partial charge < -0.3 is 10.2 Å². The molecule has 0 radical (unpaired) electrons. The van der Waals surface area contributed by atoms with Gasteiger partial charge in [0.05, 0.1) is 12.0 Å². The molecular formula is C15H25F3N2O. The van der Waals surface area contributed by atoms with Crippen molar-refractivity contribution in [1.82, 2.24) is 10.2 Å². The normalized spacial score (nSPS) is 29.2. The highest BCUT2D eigenvalue weighted by Gasteiger charge is 2.42. The summed E-state index contributed by atoms with van der Waals surface area (Å²) in [6.45, 7) is 3.33. The lowest BCUT2D eigenvalue weighted by Gasteiger charge is -2.34. The van der Waals surface area contributed by atoms with Crippen molar-refractivity contribution >= 4 is 5.91 Å². The molecular weight excluding hydrogens is 281 g/mol. The Morgan fingerprint density at radius 3 is 2.43 bits per heavy atom. The van der Waals surface area contributed by atoms with Crippen molar-refractivity contribution in [3.8, 4) is 0 Å². The molecule has 0 aromatic heterocycles. The molecule has 1 N–H and O–H groups in total. The molecule has 2 fully saturated rings. The molecule has 0 aromatic rings. The fourth-order valence-corrected chi connectivity index (χ4v) is 3.45. The lowest BCUT2D eigenvalue weighted by molar-refractivity contribution is -0.183. The Morgan fingerprint density at radius 2 is 1.81 bits per heavy atom. The van der Waals surface area contributed by atoms with Gasteiger partial charge in [-0.3, -0.25) is 4.79 Å². The van der Waals surface area contributed by atoms with Crippen molar-refractivity contribution in [2.24, 2.45) is 5.92 Å². The van der Waals surface area contributed by atoms with Gasteiger partial charge in [0.25, 0.3) is 0 Å². The third-order valence-corrected chi connectivity index (χ3v) is 4.66. The molecule has 1 heterocycles. The molecule has 0 aromatic carbocycles. The van der Waals surface area contributed by atoms with Crippen molar-refractivity contribution < 1.29 is 18.0 Å². The molecule has 1 amide bonds. The fourth-order valence-electron chi connectivity index (χ4n) is 3.45. The topological polar surface area (TPSA) is 32.3 Å². The molecule has 21 heavy (non-hydrogen) atoms. The number of alkyl halides is 3. The van der Waals surface area contributed by atoms with Crippen molar-refractivity contribution in [3.05, 3.63) is 0 Å². The van der Waals surface area contributed by atoms with E-state index < -0.39 is 12.1 Å².